The predicted octanol–water partition coefficient (Wildman–Crippen LogP) is -4.12. The minimum Gasteiger partial charge on any atom is -0.481 e. The molecule has 0 aliphatic heterocycles. The first-order chi connectivity index (χ1) is 11.6. The third kappa shape index (κ3) is 8.88. The van der Waals surface area contributed by atoms with Gasteiger partial charge in [0.1, 0.15) is 18.6 Å². The molecule has 25 heavy (non-hydrogen) atoms. The van der Waals surface area contributed by atoms with E-state index in [1.165, 1.54) is 0 Å². The molecular formula is C12H20N4O8S. The van der Waals surface area contributed by atoms with E-state index in [0.717, 1.165) is 0 Å². The van der Waals surface area contributed by atoms with E-state index in [1.807, 2.05) is 10.6 Å². The number of carbonyl (C=O) groups excluding carboxylic acids is 3. The number of hydrogen-bond acceptors (Lipinski definition) is 8. The molecule has 142 valence electrons. The maximum Gasteiger partial charge on any atom is 0.322 e. The molecule has 0 aliphatic carbocycles. The van der Waals surface area contributed by atoms with Crippen molar-refractivity contribution in [2.75, 3.05) is 18.9 Å². The van der Waals surface area contributed by atoms with Gasteiger partial charge in [0.2, 0.25) is 17.7 Å². The molecule has 0 heterocycles. The number of aliphatic carboxylic acids is 2. The van der Waals surface area contributed by atoms with Gasteiger partial charge in [0.25, 0.3) is 0 Å². The Labute approximate surface area is 147 Å². The van der Waals surface area contributed by atoms with E-state index in [4.69, 9.17) is 21.1 Å². The molecule has 0 aliphatic rings. The third-order valence-electron chi connectivity index (χ3n) is 2.77. The second-order valence-electron chi connectivity index (χ2n) is 4.80. The summed E-state index contributed by atoms with van der Waals surface area (Å²) in [5, 5.41) is 32.5. The number of nitrogens with one attached hydrogen (secondary N) is 3. The number of carboxylic acids is 2. The Hall–Kier alpha value is -2.38. The van der Waals surface area contributed by atoms with Crippen LogP contribution < -0.4 is 21.7 Å². The molecular weight excluding hydrogens is 360 g/mol. The molecule has 0 fully saturated rings. The summed E-state index contributed by atoms with van der Waals surface area (Å²) in [4.78, 5) is 56.6. The lowest BCUT2D eigenvalue weighted by atomic mass is 10.1. The SMILES string of the molecule is NC(CS)C(=O)NC(CC(=O)O)C(=O)NC(CO)C(=O)NCC(=O)O. The van der Waals surface area contributed by atoms with E-state index in [9.17, 15) is 24.0 Å². The highest BCUT2D eigenvalue weighted by atomic mass is 32.1. The van der Waals surface area contributed by atoms with Crippen LogP contribution in [-0.4, -0.2) is 82.0 Å². The van der Waals surface area contributed by atoms with Crippen LogP contribution in [0.15, 0.2) is 0 Å². The fourth-order valence-electron chi connectivity index (χ4n) is 1.50. The first-order valence-corrected chi connectivity index (χ1v) is 7.54. The number of rotatable bonds is 11. The van der Waals surface area contributed by atoms with E-state index >= 15 is 0 Å². The minimum atomic E-state index is -1.56. The van der Waals surface area contributed by atoms with Gasteiger partial charge < -0.3 is 37.0 Å². The summed E-state index contributed by atoms with van der Waals surface area (Å²) in [6.07, 6.45) is -0.800. The molecule has 3 atom stereocenters. The number of aliphatic hydroxyl groups excluding tert-OH is 1. The van der Waals surface area contributed by atoms with Gasteiger partial charge in [-0.05, 0) is 0 Å². The van der Waals surface area contributed by atoms with Gasteiger partial charge in [-0.3, -0.25) is 24.0 Å². The lowest BCUT2D eigenvalue weighted by Crippen LogP contribution is -2.57. The van der Waals surface area contributed by atoms with Gasteiger partial charge in [-0.1, -0.05) is 0 Å². The van der Waals surface area contributed by atoms with E-state index in [2.05, 4.69) is 17.9 Å². The Kier molecular flexibility index (Phi) is 10.2. The summed E-state index contributed by atoms with van der Waals surface area (Å²) >= 11 is 3.80. The highest BCUT2D eigenvalue weighted by Gasteiger charge is 2.29. The molecule has 0 aromatic rings. The molecule has 0 rings (SSSR count). The van der Waals surface area contributed by atoms with Crippen molar-refractivity contribution in [3.05, 3.63) is 0 Å². The molecule has 3 unspecified atom stereocenters. The van der Waals surface area contributed by atoms with E-state index in [1.54, 1.807) is 0 Å². The number of amides is 3. The lowest BCUT2D eigenvalue weighted by Gasteiger charge is -2.22. The number of aliphatic hydroxyl groups is 1. The van der Waals surface area contributed by atoms with Crippen LogP contribution in [0.5, 0.6) is 0 Å². The highest BCUT2D eigenvalue weighted by molar-refractivity contribution is 7.80. The van der Waals surface area contributed by atoms with Gasteiger partial charge in [-0.2, -0.15) is 12.6 Å². The fraction of sp³-hybridized carbons (Fsp3) is 0.583. The fourth-order valence-corrected chi connectivity index (χ4v) is 1.66. The van der Waals surface area contributed by atoms with Crippen LogP contribution in [0.1, 0.15) is 6.42 Å². The van der Waals surface area contributed by atoms with Crippen LogP contribution in [0.3, 0.4) is 0 Å². The first-order valence-electron chi connectivity index (χ1n) is 6.91. The average molecular weight is 380 g/mol. The smallest absolute Gasteiger partial charge is 0.322 e. The van der Waals surface area contributed by atoms with Crippen LogP contribution in [0.2, 0.25) is 0 Å². The van der Waals surface area contributed by atoms with Gasteiger partial charge in [-0.25, -0.2) is 0 Å². The van der Waals surface area contributed by atoms with E-state index < -0.39 is 67.4 Å². The number of carbonyl (C=O) groups is 5. The van der Waals surface area contributed by atoms with Gasteiger partial charge in [0, 0.05) is 5.75 Å². The number of hydrogen-bond donors (Lipinski definition) is 8. The maximum atomic E-state index is 12.1. The summed E-state index contributed by atoms with van der Waals surface area (Å²) in [5.74, 6) is -5.68. The Morgan fingerprint density at radius 1 is 0.920 bits per heavy atom. The molecule has 0 aromatic carbocycles. The van der Waals surface area contributed by atoms with Crippen molar-refractivity contribution in [1.29, 1.82) is 0 Å². The minimum absolute atomic E-state index is 0.0515. The Morgan fingerprint density at radius 2 is 1.48 bits per heavy atom. The molecule has 0 bridgehead atoms. The molecule has 0 saturated heterocycles. The molecule has 0 saturated carbocycles. The number of nitrogens with two attached hydrogens (primary N) is 1. The van der Waals surface area contributed by atoms with Crippen molar-refractivity contribution >= 4 is 42.3 Å². The zero-order valence-corrected chi connectivity index (χ0v) is 13.9. The third-order valence-corrected chi connectivity index (χ3v) is 3.17. The average Bonchev–Trinajstić information content (AvgIpc) is 2.55. The molecule has 12 nitrogen and oxygen atoms in total. The van der Waals surface area contributed by atoms with Crippen molar-refractivity contribution in [3.63, 3.8) is 0 Å². The summed E-state index contributed by atoms with van der Waals surface area (Å²) in [5.41, 5.74) is 5.41. The molecule has 0 radical (unpaired) electrons. The van der Waals surface area contributed by atoms with E-state index in [-0.39, 0.29) is 5.75 Å². The van der Waals surface area contributed by atoms with Crippen LogP contribution in [-0.2, 0) is 24.0 Å². The van der Waals surface area contributed by atoms with Crippen molar-refractivity contribution in [2.45, 2.75) is 24.5 Å². The maximum absolute atomic E-state index is 12.1. The summed E-state index contributed by atoms with van der Waals surface area (Å²) in [7, 11) is 0. The Bertz CT molecular complexity index is 529. The van der Waals surface area contributed by atoms with Crippen molar-refractivity contribution < 1.29 is 39.3 Å². The van der Waals surface area contributed by atoms with Crippen molar-refractivity contribution in [3.8, 4) is 0 Å². The van der Waals surface area contributed by atoms with Crippen LogP contribution in [0, 0.1) is 0 Å². The number of carboxylic acid groups (broad SMARTS) is 2. The molecule has 8 N–H and O–H groups in total. The van der Waals surface area contributed by atoms with Gasteiger partial charge in [0.05, 0.1) is 19.1 Å². The summed E-state index contributed by atoms with van der Waals surface area (Å²) in [6, 6.07) is -4.17. The zero-order chi connectivity index (χ0) is 19.6. The summed E-state index contributed by atoms with van der Waals surface area (Å²) in [6.45, 7) is -1.61. The highest BCUT2D eigenvalue weighted by Crippen LogP contribution is 1.97. The second kappa shape index (κ2) is 11.2. The monoisotopic (exact) mass is 380 g/mol. The van der Waals surface area contributed by atoms with Gasteiger partial charge in [0.15, 0.2) is 0 Å². The quantitative estimate of drug-likeness (QED) is 0.163. The second-order valence-corrected chi connectivity index (χ2v) is 5.17. The van der Waals surface area contributed by atoms with Crippen LogP contribution in [0.25, 0.3) is 0 Å². The van der Waals surface area contributed by atoms with Crippen LogP contribution in [0.4, 0.5) is 0 Å². The first kappa shape index (κ1) is 22.6. The molecule has 0 aromatic heterocycles. The zero-order valence-electron chi connectivity index (χ0n) is 13.0. The molecule has 3 amide bonds. The number of thiol groups is 1. The predicted molar refractivity (Wildman–Crippen MR) is 85.7 cm³/mol. The standard InChI is InChI=1S/C12H20N4O8S/c13-5(4-25)10(22)15-6(1-8(18)19)12(24)16-7(3-17)11(23)14-2-9(20)21/h5-7,17,25H,1-4,13H2,(H,14,23)(H,15,22)(H,16,24)(H,18,19)(H,20,21). The normalized spacial score (nSPS) is 13.9. The summed E-state index contributed by atoms with van der Waals surface area (Å²) < 4.78 is 0. The Morgan fingerprint density at radius 3 is 1.92 bits per heavy atom. The largest absolute Gasteiger partial charge is 0.481 e. The Balaban J connectivity index is 4.97. The van der Waals surface area contributed by atoms with Gasteiger partial charge in [-0.15, -0.1) is 0 Å². The molecule has 0 spiro atoms. The van der Waals surface area contributed by atoms with Crippen LogP contribution >= 0.6 is 12.6 Å². The lowest BCUT2D eigenvalue weighted by molar-refractivity contribution is -0.141. The topological polar surface area (TPSA) is 208 Å². The van der Waals surface area contributed by atoms with Crippen molar-refractivity contribution in [2.24, 2.45) is 5.73 Å². The molecule has 13 heteroatoms. The van der Waals surface area contributed by atoms with Crippen molar-refractivity contribution in [1.82, 2.24) is 16.0 Å². The van der Waals surface area contributed by atoms with E-state index in [0.29, 0.717) is 0 Å². The van der Waals surface area contributed by atoms with Gasteiger partial charge >= 0.3 is 11.9 Å².